The summed E-state index contributed by atoms with van der Waals surface area (Å²) in [4.78, 5) is 0. The molecule has 2 aromatic rings. The smallest absolute Gasteiger partial charge is 0.399 e. The van der Waals surface area contributed by atoms with E-state index in [0.29, 0.717) is 5.41 Å². The van der Waals surface area contributed by atoms with E-state index in [1.54, 1.807) is 11.1 Å². The molecule has 1 heterocycles. The molecule has 5 aliphatic carbocycles. The maximum Gasteiger partial charge on any atom is 0.494 e. The normalized spacial score (nSPS) is 42.8. The lowest BCUT2D eigenvalue weighted by molar-refractivity contribution is -0.0820. The van der Waals surface area contributed by atoms with Gasteiger partial charge in [-0.2, -0.15) is 0 Å². The van der Waals surface area contributed by atoms with Crippen molar-refractivity contribution in [1.82, 2.24) is 0 Å². The fourth-order valence-electron chi connectivity index (χ4n) is 9.77. The fraction of sp³-hybridized carbons (Fsp3) is 0.586. The molecular formula is C29H33BO2. The molecule has 32 heavy (non-hydrogen) atoms. The molecule has 1 saturated heterocycles. The van der Waals surface area contributed by atoms with Gasteiger partial charge in [-0.25, -0.2) is 0 Å². The number of benzene rings is 2. The highest BCUT2D eigenvalue weighted by Gasteiger charge is 2.79. The first-order valence-corrected chi connectivity index (χ1v) is 12.9. The van der Waals surface area contributed by atoms with Crippen LogP contribution in [-0.4, -0.2) is 18.3 Å². The Morgan fingerprint density at radius 2 is 1.38 bits per heavy atom. The first-order chi connectivity index (χ1) is 15.3. The molecule has 0 amide bonds. The van der Waals surface area contributed by atoms with Crippen molar-refractivity contribution in [2.24, 2.45) is 29.1 Å². The third-order valence-corrected chi connectivity index (χ3v) is 11.3. The third kappa shape index (κ3) is 1.85. The number of rotatable bonds is 1. The molecule has 4 saturated carbocycles. The van der Waals surface area contributed by atoms with Crippen LogP contribution < -0.4 is 5.46 Å². The summed E-state index contributed by atoms with van der Waals surface area (Å²) in [7, 11) is -0.281. The maximum atomic E-state index is 6.48. The predicted octanol–water partition coefficient (Wildman–Crippen LogP) is 5.71. The van der Waals surface area contributed by atoms with E-state index in [0.717, 1.165) is 23.7 Å². The molecule has 4 atom stereocenters. The summed E-state index contributed by atoms with van der Waals surface area (Å²) >= 11 is 0. The Labute approximate surface area is 192 Å². The van der Waals surface area contributed by atoms with Crippen molar-refractivity contribution in [2.45, 2.75) is 76.4 Å². The Hall–Kier alpha value is -1.58. The van der Waals surface area contributed by atoms with Crippen LogP contribution in [0.25, 0.3) is 11.1 Å². The minimum Gasteiger partial charge on any atom is -0.399 e. The van der Waals surface area contributed by atoms with E-state index in [4.69, 9.17) is 9.31 Å². The molecule has 164 valence electrons. The molecule has 1 aliphatic heterocycles. The molecule has 0 aromatic heterocycles. The van der Waals surface area contributed by atoms with Crippen molar-refractivity contribution in [2.75, 3.05) is 0 Å². The van der Waals surface area contributed by atoms with Crippen LogP contribution in [0.4, 0.5) is 0 Å². The molecule has 2 nitrogen and oxygen atoms in total. The number of hydrogen-bond acceptors (Lipinski definition) is 2. The molecule has 0 N–H and O–H groups in total. The Kier molecular flexibility index (Phi) is 3.17. The van der Waals surface area contributed by atoms with Gasteiger partial charge in [0.15, 0.2) is 0 Å². The second-order valence-corrected chi connectivity index (χ2v) is 13.0. The summed E-state index contributed by atoms with van der Waals surface area (Å²) in [5.41, 5.74) is 7.66. The molecular weight excluding hydrogens is 391 g/mol. The van der Waals surface area contributed by atoms with Gasteiger partial charge in [-0.3, -0.25) is 0 Å². The molecule has 6 aliphatic rings. The highest BCUT2D eigenvalue weighted by atomic mass is 16.7. The van der Waals surface area contributed by atoms with Gasteiger partial charge in [0.1, 0.15) is 0 Å². The minimum absolute atomic E-state index is 0.232. The third-order valence-electron chi connectivity index (χ3n) is 11.3. The average Bonchev–Trinajstić information content (AvgIpc) is 3.35. The van der Waals surface area contributed by atoms with Gasteiger partial charge < -0.3 is 9.31 Å². The van der Waals surface area contributed by atoms with E-state index in [-0.39, 0.29) is 23.7 Å². The lowest BCUT2D eigenvalue weighted by atomic mass is 9.38. The molecule has 2 spiro atoms. The zero-order valence-electron chi connectivity index (χ0n) is 19.8. The second-order valence-electron chi connectivity index (χ2n) is 13.0. The van der Waals surface area contributed by atoms with Crippen molar-refractivity contribution >= 4 is 12.6 Å². The van der Waals surface area contributed by atoms with E-state index < -0.39 is 0 Å². The van der Waals surface area contributed by atoms with Gasteiger partial charge in [0.2, 0.25) is 0 Å². The van der Waals surface area contributed by atoms with Gasteiger partial charge in [0.25, 0.3) is 0 Å². The van der Waals surface area contributed by atoms with Gasteiger partial charge in [-0.05, 0) is 117 Å². The van der Waals surface area contributed by atoms with Crippen LogP contribution in [0.3, 0.4) is 0 Å². The largest absolute Gasteiger partial charge is 0.494 e. The summed E-state index contributed by atoms with van der Waals surface area (Å²) in [6.07, 6.45) is 7.42. The van der Waals surface area contributed by atoms with E-state index in [1.165, 1.54) is 48.7 Å². The standard InChI is InChI=1S/C29H33BO2/c1-26(2)27(3,4)32-30(31-26)19-9-10-21-20-7-5-6-8-22(20)29(23(21)14-19)24-12-17-11-18-13-25(29)28(24,15-17)16-18/h5-10,14,17-18,24-25H,11-13,15-16H2,1-4H3. The van der Waals surface area contributed by atoms with Crippen molar-refractivity contribution in [3.05, 3.63) is 53.6 Å². The summed E-state index contributed by atoms with van der Waals surface area (Å²) in [6.45, 7) is 8.62. The van der Waals surface area contributed by atoms with Crippen LogP contribution in [0.1, 0.15) is 70.9 Å². The summed E-state index contributed by atoms with van der Waals surface area (Å²) in [5, 5.41) is 0. The lowest BCUT2D eigenvalue weighted by Gasteiger charge is -2.64. The molecule has 5 fully saturated rings. The predicted molar refractivity (Wildman–Crippen MR) is 128 cm³/mol. The van der Waals surface area contributed by atoms with Crippen LogP contribution >= 0.6 is 0 Å². The summed E-state index contributed by atoms with van der Waals surface area (Å²) < 4.78 is 13.0. The fourth-order valence-corrected chi connectivity index (χ4v) is 9.77. The Morgan fingerprint density at radius 3 is 2.06 bits per heavy atom. The SMILES string of the molecule is CC1(C)OB(c2ccc3c(c2)C2(c4ccccc4-3)C3CC4CC5CC2C3(C4)C5)OC1(C)C. The molecule has 2 aromatic carbocycles. The van der Waals surface area contributed by atoms with Gasteiger partial charge in [0.05, 0.1) is 11.2 Å². The van der Waals surface area contributed by atoms with Crippen LogP contribution in [0.5, 0.6) is 0 Å². The van der Waals surface area contributed by atoms with Crippen LogP contribution in [0.15, 0.2) is 42.5 Å². The first kappa shape index (κ1) is 18.8. The number of fused-ring (bicyclic) bond motifs is 9. The Morgan fingerprint density at radius 1 is 0.750 bits per heavy atom. The van der Waals surface area contributed by atoms with Gasteiger partial charge in [-0.15, -0.1) is 0 Å². The minimum atomic E-state index is -0.304. The van der Waals surface area contributed by atoms with E-state index in [1.807, 2.05) is 0 Å². The average molecular weight is 424 g/mol. The van der Waals surface area contributed by atoms with E-state index >= 15 is 0 Å². The van der Waals surface area contributed by atoms with Crippen LogP contribution in [0, 0.1) is 29.1 Å². The molecule has 3 heteroatoms. The highest BCUT2D eigenvalue weighted by molar-refractivity contribution is 6.62. The van der Waals surface area contributed by atoms with E-state index in [9.17, 15) is 0 Å². The van der Waals surface area contributed by atoms with Crippen LogP contribution in [0.2, 0.25) is 0 Å². The lowest BCUT2D eigenvalue weighted by Crippen LogP contribution is -2.62. The van der Waals surface area contributed by atoms with Crippen molar-refractivity contribution < 1.29 is 9.31 Å². The Balaban J connectivity index is 1.32. The topological polar surface area (TPSA) is 18.5 Å². The zero-order chi connectivity index (χ0) is 21.7. The molecule has 8 rings (SSSR count). The van der Waals surface area contributed by atoms with Crippen molar-refractivity contribution in [1.29, 1.82) is 0 Å². The van der Waals surface area contributed by atoms with Gasteiger partial charge in [-0.1, -0.05) is 42.5 Å². The quantitative estimate of drug-likeness (QED) is 0.546. The monoisotopic (exact) mass is 424 g/mol. The van der Waals surface area contributed by atoms with Gasteiger partial charge >= 0.3 is 7.12 Å². The highest BCUT2D eigenvalue weighted by Crippen LogP contribution is 2.85. The maximum absolute atomic E-state index is 6.48. The zero-order valence-corrected chi connectivity index (χ0v) is 19.8. The summed E-state index contributed by atoms with van der Waals surface area (Å²) in [5.74, 6) is 3.61. The molecule has 3 bridgehead atoms. The van der Waals surface area contributed by atoms with Crippen molar-refractivity contribution in [3.63, 3.8) is 0 Å². The van der Waals surface area contributed by atoms with E-state index in [2.05, 4.69) is 70.2 Å². The second kappa shape index (κ2) is 5.39. The summed E-state index contributed by atoms with van der Waals surface area (Å²) in [6, 6.07) is 16.5. The first-order valence-electron chi connectivity index (χ1n) is 12.9. The van der Waals surface area contributed by atoms with Gasteiger partial charge in [0, 0.05) is 5.41 Å². The van der Waals surface area contributed by atoms with Crippen molar-refractivity contribution in [3.8, 4) is 11.1 Å². The molecule has 0 radical (unpaired) electrons. The number of hydrogen-bond donors (Lipinski definition) is 0. The van der Waals surface area contributed by atoms with Crippen LogP contribution in [-0.2, 0) is 14.7 Å². The molecule has 4 unspecified atom stereocenters. The Bertz CT molecular complexity index is 1140.